The number of imidazole rings is 1. The molecule has 1 aliphatic carbocycles. The number of carbonyl (C=O) groups is 1. The minimum absolute atomic E-state index is 0.120. The fourth-order valence-corrected chi connectivity index (χ4v) is 6.37. The molecule has 1 amide bonds. The Bertz CT molecular complexity index is 1520. The standard InChI is InChI=1S/C35H46F2N6O/c1-6-24-11-10-12-26(20-24)34(7-2,8-3)31-21-29(39-18-17-35(36,37)9-4)32-40-22-30(43(32)41-31)25-13-16-28(23(5)19-25)33(44)42(38)27-14-15-27/h10-13,16,19-22,27,31,39,41H,6-9,14-15,17-18,38H2,1-5H3. The van der Waals surface area contributed by atoms with Gasteiger partial charge in [-0.1, -0.05) is 58.0 Å². The Morgan fingerprint density at radius 1 is 1.11 bits per heavy atom. The lowest BCUT2D eigenvalue weighted by atomic mass is 9.69. The van der Waals surface area contributed by atoms with Crippen LogP contribution >= 0.6 is 0 Å². The van der Waals surface area contributed by atoms with Crippen molar-refractivity contribution in [2.75, 3.05) is 12.0 Å². The summed E-state index contributed by atoms with van der Waals surface area (Å²) in [6.07, 6.45) is 8.04. The van der Waals surface area contributed by atoms with Crippen molar-refractivity contribution >= 4 is 11.6 Å². The van der Waals surface area contributed by atoms with E-state index in [-0.39, 0.29) is 42.8 Å². The van der Waals surface area contributed by atoms with Gasteiger partial charge in [0.2, 0.25) is 5.92 Å². The first kappa shape index (κ1) is 31.7. The number of aromatic nitrogens is 2. The van der Waals surface area contributed by atoms with Gasteiger partial charge in [0.25, 0.3) is 5.91 Å². The molecule has 3 aromatic rings. The van der Waals surface area contributed by atoms with Crippen molar-refractivity contribution in [1.29, 1.82) is 0 Å². The smallest absolute Gasteiger partial charge is 0.268 e. The minimum atomic E-state index is -2.73. The van der Waals surface area contributed by atoms with Crippen molar-refractivity contribution in [2.45, 2.75) is 103 Å². The fraction of sp³-hybridized carbons (Fsp3) is 0.486. The summed E-state index contributed by atoms with van der Waals surface area (Å²) in [5, 5.41) is 4.66. The number of nitrogens with one attached hydrogen (secondary N) is 2. The number of hydrogen-bond acceptors (Lipinski definition) is 5. The van der Waals surface area contributed by atoms with E-state index in [1.165, 1.54) is 23.1 Å². The SMILES string of the molecule is CCc1cccc(C(CC)(CC)C2C=C(NCCC(F)(F)CC)c3ncc(-c4ccc(C(=O)N(N)C5CC5)c(C)c4)n3N2)c1. The summed E-state index contributed by atoms with van der Waals surface area (Å²) in [7, 11) is 0. The summed E-state index contributed by atoms with van der Waals surface area (Å²) < 4.78 is 30.4. The second-order valence-electron chi connectivity index (χ2n) is 12.3. The van der Waals surface area contributed by atoms with Gasteiger partial charge in [-0.15, -0.1) is 0 Å². The summed E-state index contributed by atoms with van der Waals surface area (Å²) in [5.74, 6) is 3.82. The third kappa shape index (κ3) is 6.11. The Balaban J connectivity index is 1.54. The maximum atomic E-state index is 14.2. The molecular weight excluding hydrogens is 558 g/mol. The van der Waals surface area contributed by atoms with Crippen LogP contribution in [0.3, 0.4) is 0 Å². The van der Waals surface area contributed by atoms with E-state index in [1.807, 2.05) is 29.8 Å². The molecule has 1 unspecified atom stereocenters. The highest BCUT2D eigenvalue weighted by atomic mass is 19.3. The molecule has 1 fully saturated rings. The highest BCUT2D eigenvalue weighted by Crippen LogP contribution is 2.40. The lowest BCUT2D eigenvalue weighted by molar-refractivity contribution is -0.00992. The van der Waals surface area contributed by atoms with Crippen LogP contribution in [-0.4, -0.2) is 45.1 Å². The van der Waals surface area contributed by atoms with Crippen LogP contribution in [0, 0.1) is 6.92 Å². The fourth-order valence-electron chi connectivity index (χ4n) is 6.37. The maximum Gasteiger partial charge on any atom is 0.268 e. The summed E-state index contributed by atoms with van der Waals surface area (Å²) in [6, 6.07) is 14.5. The molecule has 1 aliphatic heterocycles. The van der Waals surface area contributed by atoms with Crippen molar-refractivity contribution < 1.29 is 13.6 Å². The zero-order valence-electron chi connectivity index (χ0n) is 26.6. The predicted molar refractivity (Wildman–Crippen MR) is 173 cm³/mol. The molecule has 0 radical (unpaired) electrons. The lowest BCUT2D eigenvalue weighted by Crippen LogP contribution is -2.48. The molecular formula is C35H46F2N6O. The van der Waals surface area contributed by atoms with Gasteiger partial charge in [-0.2, -0.15) is 0 Å². The molecule has 9 heteroatoms. The Morgan fingerprint density at radius 3 is 2.50 bits per heavy atom. The van der Waals surface area contributed by atoms with Crippen LogP contribution in [-0.2, 0) is 11.8 Å². The number of alkyl halides is 2. The molecule has 0 bridgehead atoms. The molecule has 2 aromatic carbocycles. The Hall–Kier alpha value is -3.72. The predicted octanol–water partition coefficient (Wildman–Crippen LogP) is 6.95. The van der Waals surface area contributed by atoms with E-state index < -0.39 is 5.92 Å². The summed E-state index contributed by atoms with van der Waals surface area (Å²) in [5.41, 5.74) is 9.89. The number of halogens is 2. The van der Waals surface area contributed by atoms with E-state index in [1.54, 1.807) is 6.20 Å². The third-order valence-corrected chi connectivity index (χ3v) is 9.62. The molecule has 2 aliphatic rings. The van der Waals surface area contributed by atoms with Gasteiger partial charge >= 0.3 is 0 Å². The quantitative estimate of drug-likeness (QED) is 0.112. The van der Waals surface area contributed by atoms with Gasteiger partial charge in [0, 0.05) is 42.0 Å². The lowest BCUT2D eigenvalue weighted by Gasteiger charge is -2.42. The van der Waals surface area contributed by atoms with Gasteiger partial charge in [0.05, 0.1) is 23.6 Å². The molecule has 7 nitrogen and oxygen atoms in total. The monoisotopic (exact) mass is 604 g/mol. The van der Waals surface area contributed by atoms with Crippen molar-refractivity contribution in [2.24, 2.45) is 5.84 Å². The topological polar surface area (TPSA) is 88.2 Å². The van der Waals surface area contributed by atoms with E-state index in [4.69, 9.17) is 10.8 Å². The molecule has 0 spiro atoms. The number of benzene rings is 2. The second-order valence-corrected chi connectivity index (χ2v) is 12.3. The molecule has 1 saturated carbocycles. The van der Waals surface area contributed by atoms with E-state index in [0.717, 1.165) is 54.6 Å². The molecule has 44 heavy (non-hydrogen) atoms. The molecule has 4 N–H and O–H groups in total. The largest absolute Gasteiger partial charge is 0.382 e. The number of rotatable bonds is 13. The van der Waals surface area contributed by atoms with Crippen LogP contribution in [0.4, 0.5) is 8.78 Å². The number of nitrogens with zero attached hydrogens (tertiary/aromatic N) is 3. The average Bonchev–Trinajstić information content (AvgIpc) is 3.80. The summed E-state index contributed by atoms with van der Waals surface area (Å²) >= 11 is 0. The molecule has 236 valence electrons. The van der Waals surface area contributed by atoms with Crippen molar-refractivity contribution in [3.63, 3.8) is 0 Å². The van der Waals surface area contributed by atoms with E-state index in [9.17, 15) is 13.6 Å². The number of aryl methyl sites for hydroxylation is 2. The highest BCUT2D eigenvalue weighted by Gasteiger charge is 2.40. The minimum Gasteiger partial charge on any atom is -0.382 e. The molecule has 1 atom stereocenters. The van der Waals surface area contributed by atoms with Gasteiger partial charge in [0.1, 0.15) is 0 Å². The maximum absolute atomic E-state index is 14.2. The van der Waals surface area contributed by atoms with Gasteiger partial charge in [-0.05, 0) is 73.9 Å². The zero-order valence-corrected chi connectivity index (χ0v) is 26.6. The van der Waals surface area contributed by atoms with Crippen molar-refractivity contribution in [1.82, 2.24) is 20.0 Å². The second kappa shape index (κ2) is 12.7. The third-order valence-electron chi connectivity index (χ3n) is 9.62. The first-order chi connectivity index (χ1) is 21.1. The Kier molecular flexibility index (Phi) is 9.16. The average molecular weight is 605 g/mol. The number of carbonyl (C=O) groups excluding carboxylic acids is 1. The van der Waals surface area contributed by atoms with Crippen molar-refractivity contribution in [3.8, 4) is 11.3 Å². The number of hydrazine groups is 1. The van der Waals surface area contributed by atoms with Crippen LogP contribution in [0.25, 0.3) is 17.0 Å². The highest BCUT2D eigenvalue weighted by molar-refractivity contribution is 5.96. The number of nitrogens with two attached hydrogens (primary N) is 1. The van der Waals surface area contributed by atoms with Crippen LogP contribution in [0.5, 0.6) is 0 Å². The first-order valence-electron chi connectivity index (χ1n) is 16.0. The number of hydrogen-bond donors (Lipinski definition) is 3. The zero-order chi connectivity index (χ0) is 31.6. The summed E-state index contributed by atoms with van der Waals surface area (Å²) in [4.78, 5) is 17.8. The summed E-state index contributed by atoms with van der Waals surface area (Å²) in [6.45, 7) is 10.1. The number of amides is 1. The first-order valence-corrected chi connectivity index (χ1v) is 16.0. The van der Waals surface area contributed by atoms with Gasteiger partial charge in [-0.25, -0.2) is 24.3 Å². The molecule has 0 saturated heterocycles. The van der Waals surface area contributed by atoms with E-state index in [0.29, 0.717) is 11.4 Å². The number of fused-ring (bicyclic) bond motifs is 1. The molecule has 5 rings (SSSR count). The van der Waals surface area contributed by atoms with Gasteiger partial charge in [-0.3, -0.25) is 9.80 Å². The van der Waals surface area contributed by atoms with Crippen LogP contribution in [0.1, 0.15) is 99.1 Å². The van der Waals surface area contributed by atoms with Crippen LogP contribution < -0.4 is 16.6 Å². The Labute approximate surface area is 259 Å². The Morgan fingerprint density at radius 2 is 1.86 bits per heavy atom. The van der Waals surface area contributed by atoms with Gasteiger partial charge < -0.3 is 10.7 Å². The molecule has 2 heterocycles. The van der Waals surface area contributed by atoms with Gasteiger partial charge in [0.15, 0.2) is 5.82 Å². The van der Waals surface area contributed by atoms with Crippen molar-refractivity contribution in [3.05, 3.63) is 82.8 Å². The van der Waals surface area contributed by atoms with E-state index >= 15 is 0 Å². The van der Waals surface area contributed by atoms with E-state index in [2.05, 4.69) is 61.9 Å². The van der Waals surface area contributed by atoms with Crippen LogP contribution in [0.2, 0.25) is 0 Å². The van der Waals surface area contributed by atoms with Crippen LogP contribution in [0.15, 0.2) is 54.7 Å². The normalized spacial score (nSPS) is 16.6. The molecule has 1 aromatic heterocycles.